The summed E-state index contributed by atoms with van der Waals surface area (Å²) in [6.45, 7) is 16.5. The Balaban J connectivity index is 0.000000175. The van der Waals surface area contributed by atoms with Crippen LogP contribution in [0.5, 0.6) is 0 Å². The number of nitrogens with zero attached hydrogens (tertiary/aromatic N) is 8. The summed E-state index contributed by atoms with van der Waals surface area (Å²) in [6, 6.07) is 15.7. The molecule has 6 aromatic rings. The summed E-state index contributed by atoms with van der Waals surface area (Å²) < 4.78 is 75.5. The number of hydrogen-bond donors (Lipinski definition) is 0. The van der Waals surface area contributed by atoms with Gasteiger partial charge in [-0.3, -0.25) is 0 Å². The molecule has 4 aliphatic rings. The normalized spacial score (nSPS) is 16.4. The van der Waals surface area contributed by atoms with Crippen molar-refractivity contribution in [3.63, 3.8) is 0 Å². The van der Waals surface area contributed by atoms with Crippen LogP contribution in [-0.4, -0.2) is 62.1 Å². The van der Waals surface area contributed by atoms with Crippen LogP contribution in [-0.2, 0) is 73.2 Å². The smallest absolute Gasteiger partial charge is 0.744 e. The van der Waals surface area contributed by atoms with E-state index in [1.807, 2.05) is 12.1 Å². The summed E-state index contributed by atoms with van der Waals surface area (Å²) in [6.07, 6.45) is 6.47. The summed E-state index contributed by atoms with van der Waals surface area (Å²) >= 11 is 2.81. The largest absolute Gasteiger partial charge is 2.00 e. The Morgan fingerprint density at radius 1 is 0.554 bits per heavy atom. The molecule has 0 fully saturated rings. The first-order valence-electron chi connectivity index (χ1n) is 21.7. The first kappa shape index (κ1) is 47.3. The first-order valence-corrected chi connectivity index (χ1v) is 26.1. The van der Waals surface area contributed by atoms with Crippen LogP contribution in [0.2, 0.25) is 0 Å². The number of aryl methyl sites for hydroxylation is 2. The van der Waals surface area contributed by atoms with Gasteiger partial charge in [0.05, 0.1) is 30.2 Å². The summed E-state index contributed by atoms with van der Waals surface area (Å²) in [5.41, 5.74) is 9.52. The van der Waals surface area contributed by atoms with Crippen molar-refractivity contribution < 1.29 is 42.4 Å². The zero-order valence-electron chi connectivity index (χ0n) is 37.1. The second kappa shape index (κ2) is 17.8. The molecule has 14 nitrogen and oxygen atoms in total. The Bertz CT molecular complexity index is 2920. The Kier molecular flexibility index (Phi) is 12.9. The van der Waals surface area contributed by atoms with Crippen molar-refractivity contribution >= 4 is 96.4 Å². The van der Waals surface area contributed by atoms with Crippen LogP contribution in [0.4, 0.5) is 33.0 Å². The molecular formula is C46H50N8NiO6S4. The third-order valence-electron chi connectivity index (χ3n) is 12.4. The van der Waals surface area contributed by atoms with Gasteiger partial charge < -0.3 is 18.9 Å². The van der Waals surface area contributed by atoms with E-state index >= 15 is 0 Å². The molecular weight excluding hydrogens is 948 g/mol. The molecule has 0 N–H and O–H groups in total. The molecule has 0 saturated carbocycles. The molecule has 0 saturated heterocycles. The summed E-state index contributed by atoms with van der Waals surface area (Å²) in [7, 11) is -9.40. The Morgan fingerprint density at radius 3 is 1.28 bits per heavy atom. The van der Waals surface area contributed by atoms with Crippen molar-refractivity contribution in [1.29, 1.82) is 0 Å². The van der Waals surface area contributed by atoms with Crippen molar-refractivity contribution in [3.05, 3.63) is 81.9 Å². The van der Waals surface area contributed by atoms with E-state index in [1.54, 1.807) is 12.1 Å². The van der Waals surface area contributed by atoms with Gasteiger partial charge in [-0.25, -0.2) is 26.8 Å². The number of azo groups is 2. The van der Waals surface area contributed by atoms with Gasteiger partial charge in [0, 0.05) is 37.6 Å². The zero-order valence-corrected chi connectivity index (χ0v) is 41.3. The molecule has 10 rings (SSSR count). The Morgan fingerprint density at radius 2 is 0.923 bits per heavy atom. The van der Waals surface area contributed by atoms with Crippen molar-refractivity contribution in [1.82, 2.24) is 9.97 Å². The SMILES string of the molecule is CC(C)(C)c1ccc2nc(N=Nc3cc4c5c(c3S(=O)(=O)[O-])CCCN5CCC4)sc2c1.CC(C)(C)c1ccc2nc(N=Nc3cc4c5c(c3S(=O)(=O)[O-])CCCN5CCC4)sc2c1.[Ni+2]. The van der Waals surface area contributed by atoms with Gasteiger partial charge in [0.15, 0.2) is 0 Å². The maximum atomic E-state index is 12.2. The number of thiazole rings is 2. The standard InChI is InChI=1S/2C23H26N4O3S2.Ni/c2*1-23(2,3)15-8-9-17-19(13-15)31-22(24-17)26-25-18-12-14-6-4-10-27-11-5-7-16(20(14)27)21(18)32(28,29)30;/h2*8-9,12-13H,4-7,10-11H2,1-3H3,(H,28,29,30);/q;;+2/p-2. The maximum absolute atomic E-state index is 12.2. The van der Waals surface area contributed by atoms with E-state index in [-0.39, 0.29) is 48.5 Å². The van der Waals surface area contributed by atoms with Crippen LogP contribution in [0.3, 0.4) is 0 Å². The van der Waals surface area contributed by atoms with E-state index in [9.17, 15) is 25.9 Å². The molecule has 0 amide bonds. The molecule has 0 atom stereocenters. The van der Waals surface area contributed by atoms with Crippen molar-refractivity contribution in [2.24, 2.45) is 20.5 Å². The average Bonchev–Trinajstić information content (AvgIpc) is 3.84. The van der Waals surface area contributed by atoms with Gasteiger partial charge in [-0.1, -0.05) is 76.3 Å². The molecule has 0 aliphatic carbocycles. The predicted octanol–water partition coefficient (Wildman–Crippen LogP) is 11.2. The van der Waals surface area contributed by atoms with Gasteiger partial charge in [-0.2, -0.15) is 0 Å². The van der Waals surface area contributed by atoms with Crippen LogP contribution >= 0.6 is 22.7 Å². The second-order valence-corrected chi connectivity index (χ2v) is 23.6. The van der Waals surface area contributed by atoms with Gasteiger partial charge in [0.1, 0.15) is 31.6 Å². The maximum Gasteiger partial charge on any atom is 2.00 e. The van der Waals surface area contributed by atoms with Gasteiger partial charge in [-0.05, 0) is 132 Å². The minimum atomic E-state index is -4.70. The van der Waals surface area contributed by atoms with E-state index in [0.717, 1.165) is 108 Å². The first-order chi connectivity index (χ1) is 30.2. The van der Waals surface area contributed by atoms with Gasteiger partial charge in [0.25, 0.3) is 0 Å². The number of hydrogen-bond acceptors (Lipinski definition) is 16. The van der Waals surface area contributed by atoms with E-state index in [0.29, 0.717) is 34.2 Å². The van der Waals surface area contributed by atoms with Crippen LogP contribution in [0, 0.1) is 0 Å². The minimum Gasteiger partial charge on any atom is -0.744 e. The molecule has 19 heteroatoms. The van der Waals surface area contributed by atoms with E-state index in [2.05, 4.69) is 106 Å². The molecule has 4 aliphatic heterocycles. The molecule has 6 heterocycles. The molecule has 0 spiro atoms. The summed E-state index contributed by atoms with van der Waals surface area (Å²) in [5.74, 6) is 0. The van der Waals surface area contributed by atoms with Gasteiger partial charge in [-0.15, -0.1) is 20.5 Å². The van der Waals surface area contributed by atoms with E-state index < -0.39 is 20.2 Å². The van der Waals surface area contributed by atoms with E-state index in [1.165, 1.54) is 33.8 Å². The molecule has 0 bridgehead atoms. The van der Waals surface area contributed by atoms with Crippen molar-refractivity contribution in [2.75, 3.05) is 36.0 Å². The molecule has 2 aromatic heterocycles. The third kappa shape index (κ3) is 9.65. The topological polar surface area (TPSA) is 196 Å². The second-order valence-electron chi connectivity index (χ2n) is 19.0. The van der Waals surface area contributed by atoms with Crippen LogP contribution in [0.25, 0.3) is 20.4 Å². The fraction of sp³-hybridized carbons (Fsp3) is 0.435. The molecule has 4 aromatic carbocycles. The number of fused-ring (bicyclic) bond motifs is 2. The average molecular weight is 998 g/mol. The minimum absolute atomic E-state index is 0. The predicted molar refractivity (Wildman–Crippen MR) is 252 cm³/mol. The number of benzene rings is 4. The Labute approximate surface area is 398 Å². The van der Waals surface area contributed by atoms with Gasteiger partial charge >= 0.3 is 16.5 Å². The van der Waals surface area contributed by atoms with Crippen LogP contribution < -0.4 is 9.80 Å². The van der Waals surface area contributed by atoms with Crippen LogP contribution in [0.15, 0.2) is 78.8 Å². The molecule has 65 heavy (non-hydrogen) atoms. The monoisotopic (exact) mass is 996 g/mol. The number of aromatic nitrogens is 2. The van der Waals surface area contributed by atoms with Crippen molar-refractivity contribution in [2.45, 2.75) is 114 Å². The molecule has 0 unspecified atom stereocenters. The van der Waals surface area contributed by atoms with Gasteiger partial charge in [0.2, 0.25) is 10.3 Å². The fourth-order valence-electron chi connectivity index (χ4n) is 9.37. The van der Waals surface area contributed by atoms with Crippen LogP contribution in [0.1, 0.15) is 101 Å². The Hall–Kier alpha value is -4.23. The quantitative estimate of drug-likeness (QED) is 0.0879. The van der Waals surface area contributed by atoms with Crippen molar-refractivity contribution in [3.8, 4) is 0 Å². The van der Waals surface area contributed by atoms with E-state index in [4.69, 9.17) is 0 Å². The zero-order chi connectivity index (χ0) is 45.3. The summed E-state index contributed by atoms with van der Waals surface area (Å²) in [4.78, 5) is 13.0. The fourth-order valence-corrected chi connectivity index (χ4v) is 12.7. The third-order valence-corrected chi connectivity index (χ3v) is 16.1. The number of anilines is 2. The molecule has 0 radical (unpaired) electrons. The summed E-state index contributed by atoms with van der Waals surface area (Å²) in [5, 5.41) is 17.9. The number of rotatable bonds is 6. The molecule has 344 valence electrons.